The second-order valence-corrected chi connectivity index (χ2v) is 7.03. The number of benzene rings is 1. The molecule has 1 saturated carbocycles. The molecule has 114 valence electrons. The number of nitrogens with one attached hydrogen (secondary N) is 1. The zero-order valence-electron chi connectivity index (χ0n) is 13.4. The van der Waals surface area contributed by atoms with Gasteiger partial charge in [-0.05, 0) is 36.2 Å². The quantitative estimate of drug-likeness (QED) is 0.800. The predicted octanol–water partition coefficient (Wildman–Crippen LogP) is 4.49. The highest BCUT2D eigenvalue weighted by atomic mass is 14.9. The average molecular weight is 284 g/mol. The molecule has 1 aromatic rings. The fraction of sp³-hybridized carbons (Fsp3) is 0.632. The van der Waals surface area contributed by atoms with E-state index in [4.69, 9.17) is 0 Å². The number of rotatable bonds is 7. The van der Waals surface area contributed by atoms with Gasteiger partial charge in [-0.3, -0.25) is 0 Å². The number of hydrogen-bond donors (Lipinski definition) is 1. The normalized spacial score (nSPS) is 18.6. The minimum absolute atomic E-state index is 0.0382. The summed E-state index contributed by atoms with van der Waals surface area (Å²) in [5.41, 5.74) is 1.60. The van der Waals surface area contributed by atoms with Gasteiger partial charge in [-0.2, -0.15) is 5.26 Å². The molecule has 1 aliphatic carbocycles. The first kappa shape index (κ1) is 16.0. The standard InChI is InChI=1S/C19H28N2/c1-16(2)12-19(10-6-7-11-19)15-21-14-18(13-20)17-8-4-3-5-9-17/h3-5,8-9,16,18,21H,6-7,10-12,14-15H2,1-2H3. The third-order valence-electron chi connectivity index (χ3n) is 4.71. The molecule has 21 heavy (non-hydrogen) atoms. The minimum Gasteiger partial charge on any atom is -0.315 e. The van der Waals surface area contributed by atoms with Gasteiger partial charge < -0.3 is 5.32 Å². The third-order valence-corrected chi connectivity index (χ3v) is 4.71. The molecule has 1 N–H and O–H groups in total. The van der Waals surface area contributed by atoms with E-state index in [0.29, 0.717) is 5.41 Å². The van der Waals surface area contributed by atoms with Crippen molar-refractivity contribution in [2.24, 2.45) is 11.3 Å². The highest BCUT2D eigenvalue weighted by molar-refractivity contribution is 5.25. The maximum Gasteiger partial charge on any atom is 0.0837 e. The zero-order valence-corrected chi connectivity index (χ0v) is 13.4. The zero-order chi connectivity index (χ0) is 15.1. The molecule has 0 radical (unpaired) electrons. The summed E-state index contributed by atoms with van der Waals surface area (Å²) in [5, 5.41) is 13.0. The van der Waals surface area contributed by atoms with Crippen LogP contribution in [0.1, 0.15) is 57.4 Å². The summed E-state index contributed by atoms with van der Waals surface area (Å²) in [6, 6.07) is 12.6. The maximum absolute atomic E-state index is 9.39. The summed E-state index contributed by atoms with van der Waals surface area (Å²) < 4.78 is 0. The van der Waals surface area contributed by atoms with Crippen molar-refractivity contribution in [3.63, 3.8) is 0 Å². The van der Waals surface area contributed by atoms with Crippen LogP contribution in [0.5, 0.6) is 0 Å². The van der Waals surface area contributed by atoms with E-state index < -0.39 is 0 Å². The highest BCUT2D eigenvalue weighted by Gasteiger charge is 2.34. The summed E-state index contributed by atoms with van der Waals surface area (Å²) in [7, 11) is 0. The summed E-state index contributed by atoms with van der Waals surface area (Å²) >= 11 is 0. The lowest BCUT2D eigenvalue weighted by Crippen LogP contribution is -2.35. The van der Waals surface area contributed by atoms with Gasteiger partial charge in [0, 0.05) is 13.1 Å². The summed E-state index contributed by atoms with van der Waals surface area (Å²) in [5.74, 6) is 0.717. The van der Waals surface area contributed by atoms with Crippen molar-refractivity contribution in [2.75, 3.05) is 13.1 Å². The van der Waals surface area contributed by atoms with Crippen LogP contribution >= 0.6 is 0 Å². The van der Waals surface area contributed by atoms with E-state index in [1.54, 1.807) is 0 Å². The second-order valence-electron chi connectivity index (χ2n) is 7.03. The van der Waals surface area contributed by atoms with Crippen LogP contribution in [-0.2, 0) is 0 Å². The summed E-state index contributed by atoms with van der Waals surface area (Å²) in [6.45, 7) is 6.47. The Labute approximate surface area is 129 Å². The smallest absolute Gasteiger partial charge is 0.0837 e. The molecule has 0 aliphatic heterocycles. The first-order valence-corrected chi connectivity index (χ1v) is 8.30. The lowest BCUT2D eigenvalue weighted by molar-refractivity contribution is 0.224. The van der Waals surface area contributed by atoms with Crippen molar-refractivity contribution in [1.82, 2.24) is 5.32 Å². The van der Waals surface area contributed by atoms with Crippen LogP contribution in [0.2, 0.25) is 0 Å². The minimum atomic E-state index is -0.0382. The van der Waals surface area contributed by atoms with Crippen LogP contribution in [0.4, 0.5) is 0 Å². The van der Waals surface area contributed by atoms with Gasteiger partial charge in [0.1, 0.15) is 0 Å². The predicted molar refractivity (Wildman–Crippen MR) is 88.0 cm³/mol. The molecule has 2 heteroatoms. The van der Waals surface area contributed by atoms with E-state index in [9.17, 15) is 5.26 Å². The van der Waals surface area contributed by atoms with Gasteiger partial charge >= 0.3 is 0 Å². The maximum atomic E-state index is 9.39. The molecule has 0 spiro atoms. The lowest BCUT2D eigenvalue weighted by Gasteiger charge is -2.31. The molecule has 1 aliphatic rings. The molecule has 1 fully saturated rings. The van der Waals surface area contributed by atoms with Crippen molar-refractivity contribution in [3.05, 3.63) is 35.9 Å². The topological polar surface area (TPSA) is 35.8 Å². The molecule has 1 unspecified atom stereocenters. The summed E-state index contributed by atoms with van der Waals surface area (Å²) in [6.07, 6.45) is 6.74. The average Bonchev–Trinajstić information content (AvgIpc) is 2.92. The van der Waals surface area contributed by atoms with E-state index in [-0.39, 0.29) is 5.92 Å². The number of nitriles is 1. The van der Waals surface area contributed by atoms with Gasteiger partial charge in [0.2, 0.25) is 0 Å². The lowest BCUT2D eigenvalue weighted by atomic mass is 9.78. The van der Waals surface area contributed by atoms with Crippen LogP contribution in [-0.4, -0.2) is 13.1 Å². The molecular formula is C19H28N2. The third kappa shape index (κ3) is 4.58. The fourth-order valence-corrected chi connectivity index (χ4v) is 3.85. The van der Waals surface area contributed by atoms with Crippen molar-refractivity contribution >= 4 is 0 Å². The van der Waals surface area contributed by atoms with Crippen molar-refractivity contribution < 1.29 is 0 Å². The Kier molecular flexibility index (Phi) is 5.82. The Bertz CT molecular complexity index is 452. The monoisotopic (exact) mass is 284 g/mol. The van der Waals surface area contributed by atoms with E-state index in [1.165, 1.54) is 32.1 Å². The Morgan fingerprint density at radius 2 is 1.86 bits per heavy atom. The van der Waals surface area contributed by atoms with E-state index in [0.717, 1.165) is 24.6 Å². The van der Waals surface area contributed by atoms with Crippen LogP contribution in [0.3, 0.4) is 0 Å². The second kappa shape index (κ2) is 7.61. The van der Waals surface area contributed by atoms with Crippen molar-refractivity contribution in [1.29, 1.82) is 5.26 Å². The van der Waals surface area contributed by atoms with Crippen molar-refractivity contribution in [2.45, 2.75) is 51.9 Å². The fourth-order valence-electron chi connectivity index (χ4n) is 3.85. The molecule has 1 atom stereocenters. The van der Waals surface area contributed by atoms with Gasteiger partial charge in [-0.25, -0.2) is 0 Å². The largest absolute Gasteiger partial charge is 0.315 e. The number of hydrogen-bond acceptors (Lipinski definition) is 2. The Morgan fingerprint density at radius 3 is 2.43 bits per heavy atom. The first-order chi connectivity index (χ1) is 10.2. The van der Waals surface area contributed by atoms with Gasteiger partial charge in [0.05, 0.1) is 12.0 Å². The molecule has 0 amide bonds. The Morgan fingerprint density at radius 1 is 1.19 bits per heavy atom. The SMILES string of the molecule is CC(C)CC1(CNCC(C#N)c2ccccc2)CCCC1. The van der Waals surface area contributed by atoms with Crippen LogP contribution < -0.4 is 5.32 Å². The first-order valence-electron chi connectivity index (χ1n) is 8.30. The molecule has 2 nitrogen and oxygen atoms in total. The van der Waals surface area contributed by atoms with Gasteiger partial charge in [-0.15, -0.1) is 0 Å². The van der Waals surface area contributed by atoms with E-state index >= 15 is 0 Å². The molecule has 2 rings (SSSR count). The molecular weight excluding hydrogens is 256 g/mol. The summed E-state index contributed by atoms with van der Waals surface area (Å²) in [4.78, 5) is 0. The molecule has 0 bridgehead atoms. The molecule has 1 aromatic carbocycles. The van der Waals surface area contributed by atoms with Crippen molar-refractivity contribution in [3.8, 4) is 6.07 Å². The Balaban J connectivity index is 1.88. The molecule has 0 saturated heterocycles. The molecule has 0 heterocycles. The van der Waals surface area contributed by atoms with Gasteiger partial charge in [-0.1, -0.05) is 57.0 Å². The van der Waals surface area contributed by atoms with Crippen LogP contribution in [0.15, 0.2) is 30.3 Å². The Hall–Kier alpha value is -1.33. The highest BCUT2D eigenvalue weighted by Crippen LogP contribution is 2.42. The van der Waals surface area contributed by atoms with E-state index in [1.807, 2.05) is 18.2 Å². The van der Waals surface area contributed by atoms with Gasteiger partial charge in [0.15, 0.2) is 0 Å². The van der Waals surface area contributed by atoms with Crippen LogP contribution in [0.25, 0.3) is 0 Å². The number of nitrogens with zero attached hydrogens (tertiary/aromatic N) is 1. The van der Waals surface area contributed by atoms with Crippen LogP contribution in [0, 0.1) is 22.7 Å². The van der Waals surface area contributed by atoms with E-state index in [2.05, 4.69) is 37.4 Å². The molecule has 0 aromatic heterocycles. The van der Waals surface area contributed by atoms with Gasteiger partial charge in [0.25, 0.3) is 0 Å².